The van der Waals surface area contributed by atoms with E-state index in [-0.39, 0.29) is 12.5 Å². The molecule has 0 aliphatic rings. The maximum Gasteiger partial charge on any atom is 0.252 e. The summed E-state index contributed by atoms with van der Waals surface area (Å²) in [5.41, 5.74) is 1.15. The molecule has 1 amide bonds. The topological polar surface area (TPSA) is 73.1 Å². The Morgan fingerprint density at radius 3 is 2.55 bits per heavy atom. The number of nitrogens with zero attached hydrogens (tertiary/aromatic N) is 1. The van der Waals surface area contributed by atoms with Crippen molar-refractivity contribution < 1.29 is 9.90 Å². The molecule has 0 saturated carbocycles. The molecular formula is C17H16N2O2S. The second-order valence-electron chi connectivity index (χ2n) is 4.54. The van der Waals surface area contributed by atoms with Crippen LogP contribution in [0.15, 0.2) is 58.3 Å². The SMILES string of the molecule is N#Cc1ccccc1Sc1ccccc1C(=O)NCCCO. The first-order chi connectivity index (χ1) is 10.8. The summed E-state index contributed by atoms with van der Waals surface area (Å²) in [4.78, 5) is 13.8. The van der Waals surface area contributed by atoms with Crippen molar-refractivity contribution in [3.05, 3.63) is 59.7 Å². The molecule has 0 aliphatic carbocycles. The molecule has 4 nitrogen and oxygen atoms in total. The highest BCUT2D eigenvalue weighted by Gasteiger charge is 2.12. The maximum atomic E-state index is 12.2. The molecule has 5 heteroatoms. The van der Waals surface area contributed by atoms with Crippen LogP contribution in [-0.2, 0) is 0 Å². The molecule has 0 saturated heterocycles. The third-order valence-corrected chi connectivity index (χ3v) is 4.13. The van der Waals surface area contributed by atoms with Crippen LogP contribution in [0.25, 0.3) is 0 Å². The van der Waals surface area contributed by atoms with Gasteiger partial charge < -0.3 is 10.4 Å². The number of amides is 1. The van der Waals surface area contributed by atoms with Gasteiger partial charge in [0.2, 0.25) is 0 Å². The van der Waals surface area contributed by atoms with Crippen LogP contribution < -0.4 is 5.32 Å². The minimum atomic E-state index is -0.175. The molecule has 2 aromatic rings. The highest BCUT2D eigenvalue weighted by Crippen LogP contribution is 2.32. The molecule has 2 aromatic carbocycles. The number of aliphatic hydroxyl groups excluding tert-OH is 1. The molecule has 112 valence electrons. The van der Waals surface area contributed by atoms with Crippen molar-refractivity contribution in [1.82, 2.24) is 5.32 Å². The highest BCUT2D eigenvalue weighted by atomic mass is 32.2. The summed E-state index contributed by atoms with van der Waals surface area (Å²) >= 11 is 1.40. The Bertz CT molecular complexity index is 695. The van der Waals surface area contributed by atoms with Gasteiger partial charge in [0.1, 0.15) is 6.07 Å². The first-order valence-electron chi connectivity index (χ1n) is 6.91. The van der Waals surface area contributed by atoms with E-state index in [1.54, 1.807) is 18.2 Å². The first kappa shape index (κ1) is 16.1. The van der Waals surface area contributed by atoms with Gasteiger partial charge in [0.25, 0.3) is 5.91 Å². The van der Waals surface area contributed by atoms with E-state index in [1.165, 1.54) is 11.8 Å². The van der Waals surface area contributed by atoms with Gasteiger partial charge in [0, 0.05) is 22.9 Å². The summed E-state index contributed by atoms with van der Waals surface area (Å²) in [6.45, 7) is 0.481. The van der Waals surface area contributed by atoms with Crippen LogP contribution in [0.4, 0.5) is 0 Å². The Hall–Kier alpha value is -2.29. The second-order valence-corrected chi connectivity index (χ2v) is 5.62. The third kappa shape index (κ3) is 4.10. The van der Waals surface area contributed by atoms with E-state index in [0.29, 0.717) is 24.1 Å². The first-order valence-corrected chi connectivity index (χ1v) is 7.73. The molecule has 0 bridgehead atoms. The van der Waals surface area contributed by atoms with Crippen molar-refractivity contribution in [1.29, 1.82) is 5.26 Å². The highest BCUT2D eigenvalue weighted by molar-refractivity contribution is 7.99. The zero-order chi connectivity index (χ0) is 15.8. The average molecular weight is 312 g/mol. The Morgan fingerprint density at radius 2 is 1.82 bits per heavy atom. The van der Waals surface area contributed by atoms with Crippen molar-refractivity contribution in [2.45, 2.75) is 16.2 Å². The van der Waals surface area contributed by atoms with Crippen LogP contribution in [-0.4, -0.2) is 24.2 Å². The van der Waals surface area contributed by atoms with Crippen LogP contribution >= 0.6 is 11.8 Å². The number of aliphatic hydroxyl groups is 1. The lowest BCUT2D eigenvalue weighted by Crippen LogP contribution is -2.25. The Labute approximate surface area is 133 Å². The van der Waals surface area contributed by atoms with E-state index in [4.69, 9.17) is 10.4 Å². The lowest BCUT2D eigenvalue weighted by molar-refractivity contribution is 0.0948. The van der Waals surface area contributed by atoms with Crippen molar-refractivity contribution in [3.8, 4) is 6.07 Å². The molecule has 0 atom stereocenters. The molecule has 2 rings (SSSR count). The minimum absolute atomic E-state index is 0.0478. The summed E-state index contributed by atoms with van der Waals surface area (Å²) in [6, 6.07) is 16.7. The Kier molecular flexibility index (Phi) is 6.01. The van der Waals surface area contributed by atoms with E-state index < -0.39 is 0 Å². The van der Waals surface area contributed by atoms with Gasteiger partial charge in [-0.2, -0.15) is 5.26 Å². The van der Waals surface area contributed by atoms with Crippen molar-refractivity contribution in [3.63, 3.8) is 0 Å². The fourth-order valence-corrected chi connectivity index (χ4v) is 2.91. The van der Waals surface area contributed by atoms with Gasteiger partial charge in [0.05, 0.1) is 11.1 Å². The monoisotopic (exact) mass is 312 g/mol. The predicted molar refractivity (Wildman–Crippen MR) is 85.8 cm³/mol. The number of hydrogen-bond acceptors (Lipinski definition) is 4. The summed E-state index contributed by atoms with van der Waals surface area (Å²) in [6.07, 6.45) is 0.526. The predicted octanol–water partition coefficient (Wildman–Crippen LogP) is 2.82. The van der Waals surface area contributed by atoms with Gasteiger partial charge in [-0.3, -0.25) is 4.79 Å². The summed E-state index contributed by atoms with van der Waals surface area (Å²) < 4.78 is 0. The van der Waals surface area contributed by atoms with Gasteiger partial charge in [-0.05, 0) is 30.7 Å². The third-order valence-electron chi connectivity index (χ3n) is 2.98. The van der Waals surface area contributed by atoms with Crippen LogP contribution in [0.3, 0.4) is 0 Å². The zero-order valence-corrected chi connectivity index (χ0v) is 12.8. The van der Waals surface area contributed by atoms with Gasteiger partial charge in [-0.15, -0.1) is 0 Å². The van der Waals surface area contributed by atoms with Crippen molar-refractivity contribution in [2.75, 3.05) is 13.2 Å². The molecule has 0 heterocycles. The number of benzene rings is 2. The molecule has 0 radical (unpaired) electrons. The fourth-order valence-electron chi connectivity index (χ4n) is 1.89. The van der Waals surface area contributed by atoms with Crippen LogP contribution in [0.5, 0.6) is 0 Å². The number of carbonyl (C=O) groups is 1. The summed E-state index contributed by atoms with van der Waals surface area (Å²) in [7, 11) is 0. The zero-order valence-electron chi connectivity index (χ0n) is 12.0. The van der Waals surface area contributed by atoms with E-state index in [9.17, 15) is 4.79 Å². The van der Waals surface area contributed by atoms with Crippen molar-refractivity contribution >= 4 is 17.7 Å². The molecule has 0 aromatic heterocycles. The van der Waals surface area contributed by atoms with Gasteiger partial charge >= 0.3 is 0 Å². The largest absolute Gasteiger partial charge is 0.396 e. The van der Waals surface area contributed by atoms with Crippen LogP contribution in [0.1, 0.15) is 22.3 Å². The number of rotatable bonds is 6. The number of nitrogens with one attached hydrogen (secondary N) is 1. The molecular weight excluding hydrogens is 296 g/mol. The lowest BCUT2D eigenvalue weighted by Gasteiger charge is -2.10. The van der Waals surface area contributed by atoms with E-state index in [0.717, 1.165) is 9.79 Å². The minimum Gasteiger partial charge on any atom is -0.396 e. The normalized spacial score (nSPS) is 10.0. The van der Waals surface area contributed by atoms with Crippen molar-refractivity contribution in [2.24, 2.45) is 0 Å². The van der Waals surface area contributed by atoms with Gasteiger partial charge in [-0.1, -0.05) is 36.0 Å². The average Bonchev–Trinajstić information content (AvgIpc) is 2.56. The summed E-state index contributed by atoms with van der Waals surface area (Å²) in [5, 5.41) is 20.7. The maximum absolute atomic E-state index is 12.2. The Balaban J connectivity index is 2.22. The standard InChI is InChI=1S/C17H16N2O2S/c18-12-13-6-1-3-8-15(13)22-16-9-4-2-7-14(16)17(21)19-10-5-11-20/h1-4,6-9,20H,5,10-11H2,(H,19,21). The van der Waals surface area contributed by atoms with Gasteiger partial charge in [0.15, 0.2) is 0 Å². The van der Waals surface area contributed by atoms with E-state index >= 15 is 0 Å². The number of hydrogen-bond donors (Lipinski definition) is 2. The second kappa shape index (κ2) is 8.23. The smallest absolute Gasteiger partial charge is 0.252 e. The van der Waals surface area contributed by atoms with E-state index in [2.05, 4.69) is 11.4 Å². The molecule has 22 heavy (non-hydrogen) atoms. The fraction of sp³-hybridized carbons (Fsp3) is 0.176. The molecule has 0 aliphatic heterocycles. The van der Waals surface area contributed by atoms with Crippen LogP contribution in [0.2, 0.25) is 0 Å². The molecule has 0 fully saturated rings. The molecule has 2 N–H and O–H groups in total. The quantitative estimate of drug-likeness (QED) is 0.805. The number of nitriles is 1. The molecule has 0 unspecified atom stereocenters. The molecule has 0 spiro atoms. The van der Waals surface area contributed by atoms with E-state index in [1.807, 2.05) is 30.3 Å². The summed E-state index contributed by atoms with van der Waals surface area (Å²) in [5.74, 6) is -0.175. The van der Waals surface area contributed by atoms with Crippen LogP contribution in [0, 0.1) is 11.3 Å². The Morgan fingerprint density at radius 1 is 1.14 bits per heavy atom. The van der Waals surface area contributed by atoms with Gasteiger partial charge in [-0.25, -0.2) is 0 Å². The lowest BCUT2D eigenvalue weighted by atomic mass is 10.2. The number of carbonyl (C=O) groups excluding carboxylic acids is 1.